The van der Waals surface area contributed by atoms with Gasteiger partial charge in [0.05, 0.1) is 0 Å². The average molecular weight is 313 g/mol. The molecule has 0 radical (unpaired) electrons. The van der Waals surface area contributed by atoms with Gasteiger partial charge in [-0.25, -0.2) is 0 Å². The van der Waals surface area contributed by atoms with Crippen LogP contribution in [0.4, 0.5) is 14.5 Å². The molecule has 6 heteroatoms. The number of halogens is 2. The predicted molar refractivity (Wildman–Crippen MR) is 70.4 cm³/mol. The van der Waals surface area contributed by atoms with Gasteiger partial charge in [0, 0.05) is 11.1 Å². The number of carbonyl (C=O) groups is 1. The normalized spacial score (nSPS) is 13.8. The maximum Gasteiger partial charge on any atom is 1.00 e. The van der Waals surface area contributed by atoms with Gasteiger partial charge in [-0.1, -0.05) is 42.5 Å². The number of benzene rings is 2. The second-order valence-corrected chi connectivity index (χ2v) is 4.56. The van der Waals surface area contributed by atoms with Gasteiger partial charge in [0.25, 0.3) is 11.9 Å². The summed E-state index contributed by atoms with van der Waals surface area (Å²) < 4.78 is 28.5. The summed E-state index contributed by atoms with van der Waals surface area (Å²) in [5.74, 6) is -4.08. The molecule has 0 bridgehead atoms. The van der Waals surface area contributed by atoms with Gasteiger partial charge in [-0.3, -0.25) is 4.79 Å². The molecule has 0 spiro atoms. The summed E-state index contributed by atoms with van der Waals surface area (Å²) in [7, 11) is 0. The van der Waals surface area contributed by atoms with Gasteiger partial charge in [-0.15, -0.1) is 5.69 Å². The van der Waals surface area contributed by atoms with Crippen LogP contribution in [0, 0.1) is 0 Å². The Morgan fingerprint density at radius 2 is 1.76 bits per heavy atom. The molecule has 0 atom stereocenters. The van der Waals surface area contributed by atoms with E-state index in [1.54, 1.807) is 18.2 Å². The third-order valence-corrected chi connectivity index (χ3v) is 3.29. The maximum absolute atomic E-state index is 14.3. The molecule has 1 aliphatic rings. The Hall–Kier alpha value is -0.794. The first-order chi connectivity index (χ1) is 9.50. The van der Waals surface area contributed by atoms with Crippen LogP contribution in [0.3, 0.4) is 0 Å². The molecule has 0 amide bonds. The molecule has 0 aliphatic heterocycles. The summed E-state index contributed by atoms with van der Waals surface area (Å²) in [4.78, 5) is 10.5. The van der Waals surface area contributed by atoms with Crippen molar-refractivity contribution in [2.24, 2.45) is 0 Å². The molecule has 1 aliphatic carbocycles. The van der Waals surface area contributed by atoms with E-state index in [9.17, 15) is 13.6 Å². The van der Waals surface area contributed by atoms with Crippen LogP contribution in [0.25, 0.3) is 16.4 Å². The second kappa shape index (κ2) is 6.14. The van der Waals surface area contributed by atoms with Gasteiger partial charge >= 0.3 is 51.4 Å². The molecule has 2 aromatic carbocycles. The number of alkyl halides is 2. The van der Waals surface area contributed by atoms with Gasteiger partial charge in [-0.2, -0.15) is 8.78 Å². The number of hydrogen-bond acceptors (Lipinski definition) is 1. The molecular weight excluding hydrogens is 303 g/mol. The monoisotopic (exact) mass is 313 g/mol. The Morgan fingerprint density at radius 1 is 1.10 bits per heavy atom. The van der Waals surface area contributed by atoms with Crippen LogP contribution >= 0.6 is 0 Å². The van der Waals surface area contributed by atoms with E-state index in [2.05, 4.69) is 5.32 Å². The molecule has 1 N–H and O–H groups in total. The van der Waals surface area contributed by atoms with Crippen molar-refractivity contribution in [3.8, 4) is 11.1 Å². The van der Waals surface area contributed by atoms with E-state index in [0.29, 0.717) is 16.8 Å². The summed E-state index contributed by atoms with van der Waals surface area (Å²) in [6.45, 7) is -0.378. The van der Waals surface area contributed by atoms with E-state index in [-0.39, 0.29) is 69.1 Å². The zero-order valence-electron chi connectivity index (χ0n) is 11.3. The van der Waals surface area contributed by atoms with E-state index < -0.39 is 11.9 Å². The number of nitrogens with zero attached hydrogens (tertiary/aromatic N) is 1. The van der Waals surface area contributed by atoms with Crippen LogP contribution in [-0.2, 0) is 10.7 Å². The zero-order chi connectivity index (χ0) is 14.3. The molecule has 0 saturated heterocycles. The van der Waals surface area contributed by atoms with Crippen molar-refractivity contribution in [1.29, 1.82) is 0 Å². The standard InChI is InChI=1S/C15H10F2NO2.K/c16-15(17)12-4-2-1-3-10(12)11-7-9(5-6-13(11)15)18-8-14(19)20;/h1-7H,8H2,(H,19,20);/q-1;+1. The Kier molecular flexibility index (Phi) is 4.84. The smallest absolute Gasteiger partial charge is 0.675 e. The molecule has 0 unspecified atom stereocenters. The molecule has 2 aromatic rings. The average Bonchev–Trinajstić information content (AvgIpc) is 2.66. The van der Waals surface area contributed by atoms with Crippen LogP contribution in [0.15, 0.2) is 42.5 Å². The fraction of sp³-hybridized carbons (Fsp3) is 0.133. The molecule has 0 heterocycles. The van der Waals surface area contributed by atoms with E-state index in [4.69, 9.17) is 5.11 Å². The number of rotatable bonds is 3. The Balaban J connectivity index is 0.00000161. The molecule has 3 rings (SSSR count). The van der Waals surface area contributed by atoms with Crippen molar-refractivity contribution in [3.63, 3.8) is 0 Å². The summed E-state index contributed by atoms with van der Waals surface area (Å²) in [6, 6.07) is 10.6. The zero-order valence-corrected chi connectivity index (χ0v) is 14.4. The van der Waals surface area contributed by atoms with Crippen molar-refractivity contribution in [3.05, 3.63) is 58.9 Å². The van der Waals surface area contributed by atoms with Crippen LogP contribution in [0.5, 0.6) is 0 Å². The summed E-state index contributed by atoms with van der Waals surface area (Å²) in [5, 5.41) is 12.5. The summed E-state index contributed by atoms with van der Waals surface area (Å²) >= 11 is 0. The van der Waals surface area contributed by atoms with Gasteiger partial charge < -0.3 is 10.4 Å². The number of fused-ring (bicyclic) bond motifs is 3. The van der Waals surface area contributed by atoms with Gasteiger partial charge in [0.2, 0.25) is 0 Å². The molecule has 21 heavy (non-hydrogen) atoms. The van der Waals surface area contributed by atoms with Crippen molar-refractivity contribution in [2.75, 3.05) is 6.54 Å². The first-order valence-corrected chi connectivity index (χ1v) is 6.01. The van der Waals surface area contributed by atoms with Crippen molar-refractivity contribution < 1.29 is 70.1 Å². The first kappa shape index (κ1) is 16.6. The number of hydrogen-bond donors (Lipinski definition) is 1. The van der Waals surface area contributed by atoms with Crippen molar-refractivity contribution >= 4 is 11.7 Å². The Morgan fingerprint density at radius 3 is 2.48 bits per heavy atom. The molecule has 0 aromatic heterocycles. The van der Waals surface area contributed by atoms with E-state index >= 15 is 0 Å². The van der Waals surface area contributed by atoms with E-state index in [1.165, 1.54) is 24.3 Å². The largest absolute Gasteiger partial charge is 1.00 e. The fourth-order valence-electron chi connectivity index (χ4n) is 2.42. The van der Waals surface area contributed by atoms with Crippen LogP contribution < -0.4 is 51.4 Å². The second-order valence-electron chi connectivity index (χ2n) is 4.56. The maximum atomic E-state index is 14.3. The number of carboxylic acid groups (broad SMARTS) is 1. The molecule has 0 fully saturated rings. The number of aliphatic carboxylic acids is 1. The van der Waals surface area contributed by atoms with Gasteiger partial charge in [0.15, 0.2) is 0 Å². The minimum atomic E-state index is -3.02. The van der Waals surface area contributed by atoms with Crippen LogP contribution in [0.1, 0.15) is 11.1 Å². The SMILES string of the molecule is O=C(O)C[N-]c1ccc2c(c1)-c1ccccc1C2(F)F.[K+]. The van der Waals surface area contributed by atoms with E-state index in [0.717, 1.165) is 0 Å². The Bertz CT molecular complexity index is 704. The quantitative estimate of drug-likeness (QED) is 0.856. The molecule has 0 saturated carbocycles. The summed E-state index contributed by atoms with van der Waals surface area (Å²) in [5.41, 5.74) is 1.19. The molecule has 102 valence electrons. The minimum absolute atomic E-state index is 0. The third-order valence-electron chi connectivity index (χ3n) is 3.29. The van der Waals surface area contributed by atoms with Crippen molar-refractivity contribution in [1.82, 2.24) is 0 Å². The topological polar surface area (TPSA) is 51.4 Å². The van der Waals surface area contributed by atoms with Crippen LogP contribution in [-0.4, -0.2) is 17.6 Å². The van der Waals surface area contributed by atoms with Crippen LogP contribution in [0.2, 0.25) is 0 Å². The minimum Gasteiger partial charge on any atom is -0.675 e. The third kappa shape index (κ3) is 2.91. The van der Waals surface area contributed by atoms with Crippen molar-refractivity contribution in [2.45, 2.75) is 5.92 Å². The molecular formula is C15H10F2KNO2. The summed E-state index contributed by atoms with van der Waals surface area (Å²) in [6.07, 6.45) is 0. The predicted octanol–water partition coefficient (Wildman–Crippen LogP) is 0.901. The fourth-order valence-corrected chi connectivity index (χ4v) is 2.42. The Labute approximate surface area is 162 Å². The first-order valence-electron chi connectivity index (χ1n) is 6.01. The molecule has 3 nitrogen and oxygen atoms in total. The van der Waals surface area contributed by atoms with Gasteiger partial charge in [0.1, 0.15) is 0 Å². The van der Waals surface area contributed by atoms with Gasteiger partial charge in [-0.05, 0) is 17.7 Å². The number of carboxylic acids is 1. The van der Waals surface area contributed by atoms with E-state index in [1.807, 2.05) is 0 Å².